The van der Waals surface area contributed by atoms with Gasteiger partial charge in [0.25, 0.3) is 0 Å². The van der Waals surface area contributed by atoms with Crippen molar-refractivity contribution >= 4 is 5.91 Å². The van der Waals surface area contributed by atoms with Crippen molar-refractivity contribution < 1.29 is 15.0 Å². The number of hydrogen-bond donors (Lipinski definition) is 4. The fraction of sp³-hybridized carbons (Fsp3) is 0.900. The highest BCUT2D eigenvalue weighted by Gasteiger charge is 2.29. The summed E-state index contributed by atoms with van der Waals surface area (Å²) in [6.45, 7) is 5.59. The number of likely N-dealkylation sites (N-methyl/N-ethyl adjacent to an activating group) is 1. The van der Waals surface area contributed by atoms with Crippen LogP contribution in [0, 0.1) is 0 Å². The van der Waals surface area contributed by atoms with Crippen LogP contribution in [0.2, 0.25) is 0 Å². The molecule has 0 radical (unpaired) electrons. The molecule has 5 heteroatoms. The Labute approximate surface area is 90.9 Å². The number of nitrogens with one attached hydrogen (secondary N) is 2. The first-order valence-electron chi connectivity index (χ1n) is 5.32. The number of carbonyl (C=O) groups excluding carboxylic acids is 1. The van der Waals surface area contributed by atoms with Gasteiger partial charge in [-0.3, -0.25) is 10.1 Å². The van der Waals surface area contributed by atoms with E-state index in [-0.39, 0.29) is 19.1 Å². The molecular formula is C10H22N2O3. The van der Waals surface area contributed by atoms with Crippen LogP contribution in [0.1, 0.15) is 27.2 Å². The molecule has 0 saturated heterocycles. The van der Waals surface area contributed by atoms with E-state index in [9.17, 15) is 15.0 Å². The summed E-state index contributed by atoms with van der Waals surface area (Å²) in [6, 6.07) is -0.427. The van der Waals surface area contributed by atoms with E-state index in [1.807, 2.05) is 13.8 Å². The standard InChI is InChI=1S/C10H22N2O3/c1-4-10(6-13,7-14)12-8(3)9(15)11-5-2/h8,12-14H,4-7H2,1-3H3,(H,11,15). The molecule has 1 unspecified atom stereocenters. The predicted molar refractivity (Wildman–Crippen MR) is 58.5 cm³/mol. The zero-order valence-corrected chi connectivity index (χ0v) is 9.71. The number of rotatable bonds is 7. The molecule has 5 nitrogen and oxygen atoms in total. The van der Waals surface area contributed by atoms with Crippen LogP contribution in [0.3, 0.4) is 0 Å². The van der Waals surface area contributed by atoms with Crippen molar-refractivity contribution in [3.05, 3.63) is 0 Å². The summed E-state index contributed by atoms with van der Waals surface area (Å²) in [7, 11) is 0. The highest BCUT2D eigenvalue weighted by molar-refractivity contribution is 5.81. The molecule has 15 heavy (non-hydrogen) atoms. The van der Waals surface area contributed by atoms with Crippen molar-refractivity contribution in [2.24, 2.45) is 0 Å². The lowest BCUT2D eigenvalue weighted by Gasteiger charge is -2.32. The van der Waals surface area contributed by atoms with E-state index in [1.165, 1.54) is 0 Å². The molecule has 1 atom stereocenters. The Balaban J connectivity index is 4.34. The van der Waals surface area contributed by atoms with Crippen LogP contribution in [0.4, 0.5) is 0 Å². The van der Waals surface area contributed by atoms with Crippen molar-refractivity contribution in [3.63, 3.8) is 0 Å². The maximum atomic E-state index is 11.4. The quantitative estimate of drug-likeness (QED) is 0.452. The average molecular weight is 218 g/mol. The summed E-state index contributed by atoms with van der Waals surface area (Å²) in [6.07, 6.45) is 0.559. The van der Waals surface area contributed by atoms with Crippen LogP contribution >= 0.6 is 0 Å². The molecule has 0 aliphatic rings. The molecule has 90 valence electrons. The van der Waals surface area contributed by atoms with Gasteiger partial charge in [-0.15, -0.1) is 0 Å². The average Bonchev–Trinajstić information content (AvgIpc) is 2.26. The van der Waals surface area contributed by atoms with Crippen LogP contribution in [0.5, 0.6) is 0 Å². The van der Waals surface area contributed by atoms with Gasteiger partial charge in [-0.2, -0.15) is 0 Å². The van der Waals surface area contributed by atoms with Crippen molar-refractivity contribution in [3.8, 4) is 0 Å². The van der Waals surface area contributed by atoms with Crippen molar-refractivity contribution in [1.29, 1.82) is 0 Å². The van der Waals surface area contributed by atoms with E-state index in [0.717, 1.165) is 0 Å². The van der Waals surface area contributed by atoms with E-state index >= 15 is 0 Å². The fourth-order valence-electron chi connectivity index (χ4n) is 1.32. The molecule has 0 aromatic heterocycles. The molecule has 0 rings (SSSR count). The zero-order chi connectivity index (χ0) is 11.9. The third-order valence-electron chi connectivity index (χ3n) is 2.55. The number of hydrogen-bond acceptors (Lipinski definition) is 4. The lowest BCUT2D eigenvalue weighted by atomic mass is 9.97. The molecule has 1 amide bonds. The lowest BCUT2D eigenvalue weighted by molar-refractivity contribution is -0.123. The Morgan fingerprint density at radius 3 is 2.20 bits per heavy atom. The van der Waals surface area contributed by atoms with Crippen molar-refractivity contribution in [2.75, 3.05) is 19.8 Å². The van der Waals surface area contributed by atoms with Gasteiger partial charge in [-0.25, -0.2) is 0 Å². The third kappa shape index (κ3) is 4.15. The topological polar surface area (TPSA) is 81.6 Å². The summed E-state index contributed by atoms with van der Waals surface area (Å²) < 4.78 is 0. The van der Waals surface area contributed by atoms with E-state index in [2.05, 4.69) is 10.6 Å². The van der Waals surface area contributed by atoms with Gasteiger partial charge in [0.1, 0.15) is 0 Å². The summed E-state index contributed by atoms with van der Waals surface area (Å²) >= 11 is 0. The summed E-state index contributed by atoms with van der Waals surface area (Å²) in [5.41, 5.74) is -0.773. The number of carbonyl (C=O) groups is 1. The second-order valence-corrected chi connectivity index (χ2v) is 3.71. The van der Waals surface area contributed by atoms with Gasteiger partial charge in [-0.1, -0.05) is 6.92 Å². The first-order valence-corrected chi connectivity index (χ1v) is 5.32. The van der Waals surface area contributed by atoms with Gasteiger partial charge in [0.2, 0.25) is 5.91 Å². The van der Waals surface area contributed by atoms with E-state index < -0.39 is 11.6 Å². The van der Waals surface area contributed by atoms with Crippen LogP contribution < -0.4 is 10.6 Å². The summed E-state index contributed by atoms with van der Waals surface area (Å²) in [5.74, 6) is -0.128. The van der Waals surface area contributed by atoms with Crippen LogP contribution in [-0.2, 0) is 4.79 Å². The van der Waals surface area contributed by atoms with Crippen molar-refractivity contribution in [2.45, 2.75) is 38.8 Å². The smallest absolute Gasteiger partial charge is 0.236 e. The summed E-state index contributed by atoms with van der Waals surface area (Å²) in [5, 5.41) is 24.0. The second-order valence-electron chi connectivity index (χ2n) is 3.71. The largest absolute Gasteiger partial charge is 0.394 e. The minimum absolute atomic E-state index is 0.128. The minimum atomic E-state index is -0.773. The molecule has 0 saturated carbocycles. The van der Waals surface area contributed by atoms with Gasteiger partial charge < -0.3 is 15.5 Å². The predicted octanol–water partition coefficient (Wildman–Crippen LogP) is -0.766. The fourth-order valence-corrected chi connectivity index (χ4v) is 1.32. The highest BCUT2D eigenvalue weighted by atomic mass is 16.3. The Morgan fingerprint density at radius 2 is 1.87 bits per heavy atom. The summed E-state index contributed by atoms with van der Waals surface area (Å²) in [4.78, 5) is 11.4. The molecule has 4 N–H and O–H groups in total. The molecule has 0 aliphatic carbocycles. The van der Waals surface area contributed by atoms with E-state index in [4.69, 9.17) is 0 Å². The molecular weight excluding hydrogens is 196 g/mol. The SMILES string of the molecule is CCNC(=O)C(C)NC(CC)(CO)CO. The van der Waals surface area contributed by atoms with Crippen LogP contribution in [-0.4, -0.2) is 47.5 Å². The van der Waals surface area contributed by atoms with E-state index in [1.54, 1.807) is 6.92 Å². The van der Waals surface area contributed by atoms with Gasteiger partial charge in [0, 0.05) is 6.54 Å². The number of amides is 1. The molecule has 0 spiro atoms. The van der Waals surface area contributed by atoms with Gasteiger partial charge in [0.15, 0.2) is 0 Å². The van der Waals surface area contributed by atoms with Gasteiger partial charge >= 0.3 is 0 Å². The first kappa shape index (κ1) is 14.3. The minimum Gasteiger partial charge on any atom is -0.394 e. The van der Waals surface area contributed by atoms with Crippen molar-refractivity contribution in [1.82, 2.24) is 10.6 Å². The third-order valence-corrected chi connectivity index (χ3v) is 2.55. The Bertz CT molecular complexity index is 185. The molecule has 0 bridgehead atoms. The Hall–Kier alpha value is -0.650. The second kappa shape index (κ2) is 6.76. The maximum absolute atomic E-state index is 11.4. The van der Waals surface area contributed by atoms with Gasteiger partial charge in [-0.05, 0) is 20.3 Å². The normalized spacial score (nSPS) is 13.7. The Kier molecular flexibility index (Phi) is 6.47. The molecule has 0 aromatic rings. The van der Waals surface area contributed by atoms with Gasteiger partial charge in [0.05, 0.1) is 24.8 Å². The number of aliphatic hydroxyl groups is 2. The maximum Gasteiger partial charge on any atom is 0.236 e. The molecule has 0 heterocycles. The van der Waals surface area contributed by atoms with Crippen LogP contribution in [0.15, 0.2) is 0 Å². The Morgan fingerprint density at radius 1 is 1.33 bits per heavy atom. The molecule has 0 fully saturated rings. The number of aliphatic hydroxyl groups excluding tert-OH is 2. The lowest BCUT2D eigenvalue weighted by Crippen LogP contribution is -2.58. The first-order chi connectivity index (χ1) is 7.05. The highest BCUT2D eigenvalue weighted by Crippen LogP contribution is 2.09. The molecule has 0 aliphatic heterocycles. The monoisotopic (exact) mass is 218 g/mol. The zero-order valence-electron chi connectivity index (χ0n) is 9.71. The van der Waals surface area contributed by atoms with Crippen LogP contribution in [0.25, 0.3) is 0 Å². The molecule has 0 aromatic carbocycles. The van der Waals surface area contributed by atoms with E-state index in [0.29, 0.717) is 13.0 Å².